The molecule has 10 nitrogen and oxygen atoms in total. The fourth-order valence-electron chi connectivity index (χ4n) is 2.80. The van der Waals surface area contributed by atoms with Crippen molar-refractivity contribution >= 4 is 46.9 Å². The first kappa shape index (κ1) is 16.7. The molecule has 1 aliphatic carbocycles. The number of amides is 3. The molecule has 0 radical (unpaired) electrons. The van der Waals surface area contributed by atoms with Crippen molar-refractivity contribution in [3.8, 4) is 0 Å². The van der Waals surface area contributed by atoms with Crippen LogP contribution in [0.4, 0.5) is 16.7 Å². The zero-order valence-electron chi connectivity index (χ0n) is 14.6. The van der Waals surface area contributed by atoms with Gasteiger partial charge in [0.25, 0.3) is 5.91 Å². The SMILES string of the molecule is O=C1NC(=O)/C(=C/c2cnn3c(NC4CC4)nc(NCc4cccs4)nc23)N1. The molecular formula is C17H16N8O2S. The minimum Gasteiger partial charge on any atom is -0.351 e. The van der Waals surface area contributed by atoms with Gasteiger partial charge in [0, 0.05) is 16.5 Å². The molecule has 11 heteroatoms. The summed E-state index contributed by atoms with van der Waals surface area (Å²) in [5, 5.41) is 17.6. The third kappa shape index (κ3) is 3.27. The van der Waals surface area contributed by atoms with Gasteiger partial charge in [-0.25, -0.2) is 4.79 Å². The van der Waals surface area contributed by atoms with Gasteiger partial charge in [-0.15, -0.1) is 11.3 Å². The normalized spacial score (nSPS) is 17.8. The number of urea groups is 1. The summed E-state index contributed by atoms with van der Waals surface area (Å²) in [5.41, 5.74) is 1.30. The van der Waals surface area contributed by atoms with Crippen molar-refractivity contribution in [2.75, 3.05) is 10.6 Å². The number of anilines is 2. The lowest BCUT2D eigenvalue weighted by Crippen LogP contribution is -2.22. The fraction of sp³-hybridized carbons (Fsp3) is 0.235. The molecular weight excluding hydrogens is 380 g/mol. The molecule has 1 aliphatic heterocycles. The Morgan fingerprint density at radius 3 is 2.89 bits per heavy atom. The van der Waals surface area contributed by atoms with Crippen LogP contribution < -0.4 is 21.3 Å². The predicted octanol–water partition coefficient (Wildman–Crippen LogP) is 1.55. The molecule has 2 fully saturated rings. The maximum atomic E-state index is 11.8. The molecule has 4 heterocycles. The highest BCUT2D eigenvalue weighted by atomic mass is 32.1. The van der Waals surface area contributed by atoms with Crippen molar-refractivity contribution in [1.29, 1.82) is 0 Å². The molecule has 0 atom stereocenters. The van der Waals surface area contributed by atoms with Crippen molar-refractivity contribution in [3.63, 3.8) is 0 Å². The van der Waals surface area contributed by atoms with Crippen LogP contribution in [0.1, 0.15) is 23.3 Å². The summed E-state index contributed by atoms with van der Waals surface area (Å²) in [6, 6.07) is 3.87. The van der Waals surface area contributed by atoms with Gasteiger partial charge < -0.3 is 16.0 Å². The number of fused-ring (bicyclic) bond motifs is 1. The van der Waals surface area contributed by atoms with E-state index in [9.17, 15) is 9.59 Å². The van der Waals surface area contributed by atoms with Crippen LogP contribution in [0.2, 0.25) is 0 Å². The Morgan fingerprint density at radius 1 is 1.29 bits per heavy atom. The molecule has 1 saturated heterocycles. The molecule has 0 spiro atoms. The summed E-state index contributed by atoms with van der Waals surface area (Å²) in [6.07, 6.45) is 5.33. The van der Waals surface area contributed by atoms with Gasteiger partial charge >= 0.3 is 6.03 Å². The number of thiophene rings is 1. The van der Waals surface area contributed by atoms with Gasteiger partial charge in [0.05, 0.1) is 12.7 Å². The Balaban J connectivity index is 1.52. The Morgan fingerprint density at radius 2 is 2.18 bits per heavy atom. The number of rotatable bonds is 6. The number of carbonyl (C=O) groups is 2. The van der Waals surface area contributed by atoms with Gasteiger partial charge in [-0.1, -0.05) is 6.07 Å². The number of hydrogen-bond donors (Lipinski definition) is 4. The van der Waals surface area contributed by atoms with E-state index in [-0.39, 0.29) is 5.70 Å². The Hall–Kier alpha value is -3.47. The first-order chi connectivity index (χ1) is 13.7. The average Bonchev–Trinajstić information content (AvgIpc) is 3.05. The van der Waals surface area contributed by atoms with Gasteiger partial charge in [0.1, 0.15) is 5.70 Å². The van der Waals surface area contributed by atoms with E-state index < -0.39 is 11.9 Å². The smallest absolute Gasteiger partial charge is 0.326 e. The molecule has 1 saturated carbocycles. The van der Waals surface area contributed by atoms with Gasteiger partial charge in [-0.05, 0) is 30.4 Å². The number of nitrogens with one attached hydrogen (secondary N) is 4. The van der Waals surface area contributed by atoms with Gasteiger partial charge in [0.15, 0.2) is 5.65 Å². The summed E-state index contributed by atoms with van der Waals surface area (Å²) in [5.74, 6) is 0.570. The van der Waals surface area contributed by atoms with Crippen LogP contribution in [0, 0.1) is 0 Å². The third-order valence-corrected chi connectivity index (χ3v) is 5.20. The first-order valence-electron chi connectivity index (χ1n) is 8.78. The van der Waals surface area contributed by atoms with Gasteiger partial charge in [-0.3, -0.25) is 10.1 Å². The quantitative estimate of drug-likeness (QED) is 0.368. The van der Waals surface area contributed by atoms with Gasteiger partial charge in [0.2, 0.25) is 11.9 Å². The molecule has 0 aromatic carbocycles. The largest absolute Gasteiger partial charge is 0.351 e. The van der Waals surface area contributed by atoms with E-state index in [1.807, 2.05) is 17.5 Å². The number of aromatic nitrogens is 4. The van der Waals surface area contributed by atoms with Gasteiger partial charge in [-0.2, -0.15) is 19.6 Å². The lowest BCUT2D eigenvalue weighted by atomic mass is 10.2. The van der Waals surface area contributed by atoms with E-state index in [0.29, 0.717) is 35.7 Å². The molecule has 3 aromatic rings. The molecule has 2 aliphatic rings. The molecule has 142 valence electrons. The second-order valence-electron chi connectivity index (χ2n) is 6.52. The predicted molar refractivity (Wildman–Crippen MR) is 104 cm³/mol. The summed E-state index contributed by atoms with van der Waals surface area (Å²) >= 11 is 1.65. The van der Waals surface area contributed by atoms with Crippen molar-refractivity contribution in [2.24, 2.45) is 0 Å². The van der Waals surface area contributed by atoms with Crippen LogP contribution in [0.15, 0.2) is 29.4 Å². The maximum absolute atomic E-state index is 11.8. The summed E-state index contributed by atoms with van der Waals surface area (Å²) in [4.78, 5) is 33.4. The number of imide groups is 1. The van der Waals surface area contributed by atoms with Crippen LogP contribution in [0.25, 0.3) is 11.7 Å². The van der Waals surface area contributed by atoms with E-state index in [1.54, 1.807) is 28.1 Å². The molecule has 0 bridgehead atoms. The second-order valence-corrected chi connectivity index (χ2v) is 7.56. The highest BCUT2D eigenvalue weighted by Crippen LogP contribution is 2.26. The van der Waals surface area contributed by atoms with Crippen LogP contribution in [-0.2, 0) is 11.3 Å². The molecule has 3 amide bonds. The highest BCUT2D eigenvalue weighted by molar-refractivity contribution is 7.09. The molecule has 4 N–H and O–H groups in total. The minimum absolute atomic E-state index is 0.156. The molecule has 3 aromatic heterocycles. The lowest BCUT2D eigenvalue weighted by molar-refractivity contribution is -0.115. The van der Waals surface area contributed by atoms with Crippen LogP contribution >= 0.6 is 11.3 Å². The average molecular weight is 396 g/mol. The minimum atomic E-state index is -0.545. The second kappa shape index (κ2) is 6.60. The summed E-state index contributed by atoms with van der Waals surface area (Å²) in [6.45, 7) is 0.611. The van der Waals surface area contributed by atoms with Crippen molar-refractivity contribution in [3.05, 3.63) is 39.8 Å². The lowest BCUT2D eigenvalue weighted by Gasteiger charge is -2.09. The first-order valence-corrected chi connectivity index (χ1v) is 9.66. The van der Waals surface area contributed by atoms with E-state index in [0.717, 1.165) is 12.8 Å². The topological polar surface area (TPSA) is 125 Å². The van der Waals surface area contributed by atoms with Crippen molar-refractivity contribution in [2.45, 2.75) is 25.4 Å². The van der Waals surface area contributed by atoms with Crippen molar-refractivity contribution in [1.82, 2.24) is 30.2 Å². The Kier molecular flexibility index (Phi) is 3.93. The number of hydrogen-bond acceptors (Lipinski definition) is 8. The highest BCUT2D eigenvalue weighted by Gasteiger charge is 2.25. The Labute approximate surface area is 163 Å². The molecule has 0 unspecified atom stereocenters. The zero-order chi connectivity index (χ0) is 19.1. The molecule has 5 rings (SSSR count). The van der Waals surface area contributed by atoms with E-state index in [2.05, 4.69) is 36.3 Å². The zero-order valence-corrected chi connectivity index (χ0v) is 15.4. The Bertz CT molecular complexity index is 1100. The van der Waals surface area contributed by atoms with Crippen LogP contribution in [0.3, 0.4) is 0 Å². The maximum Gasteiger partial charge on any atom is 0.326 e. The van der Waals surface area contributed by atoms with Crippen LogP contribution in [-0.4, -0.2) is 37.6 Å². The standard InChI is InChI=1S/C17H16N8O2S/c26-14-12(21-17(27)23-14)6-9-7-19-25-13(9)22-15(18-8-11-2-1-5-28-11)24-16(25)20-10-3-4-10/h1-2,5-7,10H,3-4,8H2,(H2,18,20,22,24)(H2,21,23,26,27)/b12-6-. The summed E-state index contributed by atoms with van der Waals surface area (Å²) in [7, 11) is 0. The summed E-state index contributed by atoms with van der Waals surface area (Å²) < 4.78 is 1.61. The third-order valence-electron chi connectivity index (χ3n) is 4.33. The van der Waals surface area contributed by atoms with E-state index in [1.165, 1.54) is 4.88 Å². The van der Waals surface area contributed by atoms with E-state index >= 15 is 0 Å². The molecule has 28 heavy (non-hydrogen) atoms. The van der Waals surface area contributed by atoms with E-state index in [4.69, 9.17) is 0 Å². The monoisotopic (exact) mass is 396 g/mol. The fourth-order valence-corrected chi connectivity index (χ4v) is 3.44. The number of carbonyl (C=O) groups excluding carboxylic acids is 2. The number of nitrogens with zero attached hydrogens (tertiary/aromatic N) is 4. The van der Waals surface area contributed by atoms with Crippen molar-refractivity contribution < 1.29 is 9.59 Å². The van der Waals surface area contributed by atoms with Crippen LogP contribution in [0.5, 0.6) is 0 Å².